The second kappa shape index (κ2) is 7.26. The molecular weight excluding hydrogens is 312 g/mol. The normalized spacial score (nSPS) is 35.9. The molecule has 0 saturated carbocycles. The Morgan fingerprint density at radius 3 is 2.60 bits per heavy atom. The van der Waals surface area contributed by atoms with Crippen LogP contribution in [0.15, 0.2) is 24.3 Å². The van der Waals surface area contributed by atoms with E-state index in [1.54, 1.807) is 6.08 Å². The molecule has 2 fully saturated rings. The van der Waals surface area contributed by atoms with E-state index in [9.17, 15) is 4.79 Å². The van der Waals surface area contributed by atoms with Gasteiger partial charge in [-0.25, -0.2) is 0 Å². The van der Waals surface area contributed by atoms with Gasteiger partial charge in [0.1, 0.15) is 5.60 Å². The van der Waals surface area contributed by atoms with E-state index in [2.05, 4.69) is 40.3 Å². The average molecular weight is 349 g/mol. The van der Waals surface area contributed by atoms with Crippen LogP contribution >= 0.6 is 0 Å². The minimum absolute atomic E-state index is 0.0390. The first-order chi connectivity index (χ1) is 11.5. The molecule has 2 aliphatic rings. The molecule has 3 unspecified atom stereocenters. The van der Waals surface area contributed by atoms with Crippen molar-refractivity contribution in [3.63, 3.8) is 0 Å². The van der Waals surface area contributed by atoms with Crippen LogP contribution in [0.1, 0.15) is 80.1 Å². The Bertz CT molecular complexity index is 547. The predicted octanol–water partition coefficient (Wildman–Crippen LogP) is 5.59. The standard InChI is InChI=1S/C22H36O3/c1-8-20(5,24-17(4)23)14-11-18-21(6,13-9-10-16(2)3)19-12-15-22(18,7)25-19/h8,10,18-19H,1,9,11-15H2,2-7H3/t18-,19?,20?,21-,22?/m0/s1. The SMILES string of the molecule is C=CC(C)(CC[C@@H]1C2(C)CCC(O2)[C@@]1(C)CCC=C(C)C)OC(C)=O. The molecule has 0 amide bonds. The lowest BCUT2D eigenvalue weighted by atomic mass is 9.59. The Labute approximate surface area is 153 Å². The van der Waals surface area contributed by atoms with Gasteiger partial charge in [0.2, 0.25) is 0 Å². The number of fused-ring (bicyclic) bond motifs is 2. The summed E-state index contributed by atoms with van der Waals surface area (Å²) in [5, 5.41) is 0. The van der Waals surface area contributed by atoms with Gasteiger partial charge < -0.3 is 9.47 Å². The summed E-state index contributed by atoms with van der Waals surface area (Å²) in [6.07, 6.45) is 10.8. The molecule has 0 radical (unpaired) electrons. The number of ether oxygens (including phenoxy) is 2. The van der Waals surface area contributed by atoms with E-state index in [0.29, 0.717) is 12.0 Å². The summed E-state index contributed by atoms with van der Waals surface area (Å²) in [5.74, 6) is 0.239. The minimum atomic E-state index is -0.592. The van der Waals surface area contributed by atoms with E-state index >= 15 is 0 Å². The third kappa shape index (κ3) is 4.19. The van der Waals surface area contributed by atoms with Crippen molar-refractivity contribution in [1.29, 1.82) is 0 Å². The monoisotopic (exact) mass is 348 g/mol. The number of hydrogen-bond acceptors (Lipinski definition) is 3. The van der Waals surface area contributed by atoms with Gasteiger partial charge in [-0.05, 0) is 83.6 Å². The van der Waals surface area contributed by atoms with Crippen LogP contribution in [0.5, 0.6) is 0 Å². The van der Waals surface area contributed by atoms with Crippen LogP contribution in [0.2, 0.25) is 0 Å². The third-order valence-corrected chi connectivity index (χ3v) is 6.56. The van der Waals surface area contributed by atoms with Crippen LogP contribution < -0.4 is 0 Å². The van der Waals surface area contributed by atoms with Crippen LogP contribution in [0.25, 0.3) is 0 Å². The lowest BCUT2D eigenvalue weighted by Gasteiger charge is -2.43. The maximum Gasteiger partial charge on any atom is 0.303 e. The minimum Gasteiger partial charge on any atom is -0.455 e. The van der Waals surface area contributed by atoms with Crippen molar-refractivity contribution in [2.24, 2.45) is 11.3 Å². The molecule has 2 saturated heterocycles. The van der Waals surface area contributed by atoms with Crippen LogP contribution in [0.3, 0.4) is 0 Å². The zero-order valence-electron chi connectivity index (χ0n) is 17.0. The Balaban J connectivity index is 2.13. The third-order valence-electron chi connectivity index (χ3n) is 6.56. The van der Waals surface area contributed by atoms with Gasteiger partial charge in [-0.15, -0.1) is 0 Å². The van der Waals surface area contributed by atoms with E-state index < -0.39 is 5.60 Å². The summed E-state index contributed by atoms with van der Waals surface area (Å²) in [6.45, 7) is 16.3. The number of allylic oxidation sites excluding steroid dienone is 2. The highest BCUT2D eigenvalue weighted by Gasteiger charge is 2.62. The summed E-state index contributed by atoms with van der Waals surface area (Å²) in [4.78, 5) is 11.4. The lowest BCUT2D eigenvalue weighted by Crippen LogP contribution is -2.43. The Hall–Kier alpha value is -1.09. The van der Waals surface area contributed by atoms with Crippen LogP contribution in [-0.2, 0) is 14.3 Å². The zero-order valence-corrected chi connectivity index (χ0v) is 17.0. The number of carbonyl (C=O) groups is 1. The fourth-order valence-electron chi connectivity index (χ4n) is 5.10. The van der Waals surface area contributed by atoms with Gasteiger partial charge in [0.25, 0.3) is 0 Å². The molecular formula is C22H36O3. The van der Waals surface area contributed by atoms with Crippen molar-refractivity contribution < 1.29 is 14.3 Å². The van der Waals surface area contributed by atoms with Crippen molar-refractivity contribution >= 4 is 5.97 Å². The van der Waals surface area contributed by atoms with Gasteiger partial charge in [0.05, 0.1) is 11.7 Å². The molecule has 2 aliphatic heterocycles. The smallest absolute Gasteiger partial charge is 0.303 e. The molecule has 0 N–H and O–H groups in total. The average Bonchev–Trinajstić information content (AvgIpc) is 2.97. The summed E-state index contributed by atoms with van der Waals surface area (Å²) in [5.41, 5.74) is 0.940. The van der Waals surface area contributed by atoms with Gasteiger partial charge in [0.15, 0.2) is 0 Å². The second-order valence-electron chi connectivity index (χ2n) is 8.99. The van der Waals surface area contributed by atoms with Crippen LogP contribution in [0, 0.1) is 11.3 Å². The van der Waals surface area contributed by atoms with Gasteiger partial charge in [0, 0.05) is 6.92 Å². The Morgan fingerprint density at radius 2 is 2.04 bits per heavy atom. The number of rotatable bonds is 8. The second-order valence-corrected chi connectivity index (χ2v) is 8.99. The van der Waals surface area contributed by atoms with Crippen molar-refractivity contribution in [2.75, 3.05) is 0 Å². The number of carbonyl (C=O) groups excluding carboxylic acids is 1. The molecule has 3 nitrogen and oxygen atoms in total. The maximum absolute atomic E-state index is 11.4. The molecule has 142 valence electrons. The lowest BCUT2D eigenvalue weighted by molar-refractivity contribution is -0.152. The molecule has 2 bridgehead atoms. The van der Waals surface area contributed by atoms with Gasteiger partial charge in [-0.1, -0.05) is 25.2 Å². The first-order valence-corrected chi connectivity index (χ1v) is 9.69. The molecule has 2 rings (SSSR count). The highest BCUT2D eigenvalue weighted by atomic mass is 16.6. The van der Waals surface area contributed by atoms with E-state index in [1.807, 2.05) is 6.92 Å². The Kier molecular flexibility index (Phi) is 5.88. The van der Waals surface area contributed by atoms with E-state index in [0.717, 1.165) is 32.1 Å². The van der Waals surface area contributed by atoms with Gasteiger partial charge in [-0.3, -0.25) is 4.79 Å². The first kappa shape index (κ1) is 20.2. The van der Waals surface area contributed by atoms with Crippen LogP contribution in [-0.4, -0.2) is 23.3 Å². The van der Waals surface area contributed by atoms with Gasteiger partial charge >= 0.3 is 5.97 Å². The van der Waals surface area contributed by atoms with Crippen LogP contribution in [0.4, 0.5) is 0 Å². The highest BCUT2D eigenvalue weighted by molar-refractivity contribution is 5.66. The highest BCUT2D eigenvalue weighted by Crippen LogP contribution is 2.61. The van der Waals surface area contributed by atoms with E-state index in [1.165, 1.54) is 18.9 Å². The Morgan fingerprint density at radius 1 is 1.36 bits per heavy atom. The first-order valence-electron chi connectivity index (χ1n) is 9.69. The predicted molar refractivity (Wildman–Crippen MR) is 102 cm³/mol. The van der Waals surface area contributed by atoms with Crippen molar-refractivity contribution in [3.05, 3.63) is 24.3 Å². The molecule has 0 spiro atoms. The van der Waals surface area contributed by atoms with E-state index in [4.69, 9.17) is 9.47 Å². The largest absolute Gasteiger partial charge is 0.455 e. The quantitative estimate of drug-likeness (QED) is 0.423. The molecule has 25 heavy (non-hydrogen) atoms. The number of esters is 1. The molecule has 3 heteroatoms. The molecule has 0 aromatic heterocycles. The van der Waals surface area contributed by atoms with E-state index in [-0.39, 0.29) is 17.0 Å². The van der Waals surface area contributed by atoms with Crippen molar-refractivity contribution in [1.82, 2.24) is 0 Å². The fourth-order valence-corrected chi connectivity index (χ4v) is 5.10. The molecule has 0 aromatic rings. The molecule has 2 heterocycles. The summed E-state index contributed by atoms with van der Waals surface area (Å²) >= 11 is 0. The fraction of sp³-hybridized carbons (Fsp3) is 0.773. The zero-order chi connectivity index (χ0) is 18.9. The molecule has 0 aromatic carbocycles. The number of hydrogen-bond donors (Lipinski definition) is 0. The van der Waals surface area contributed by atoms with Crippen molar-refractivity contribution in [2.45, 2.75) is 97.4 Å². The summed E-state index contributed by atoms with van der Waals surface area (Å²) in [7, 11) is 0. The maximum atomic E-state index is 11.4. The molecule has 0 aliphatic carbocycles. The topological polar surface area (TPSA) is 35.5 Å². The molecule has 5 atom stereocenters. The summed E-state index contributed by atoms with van der Waals surface area (Å²) in [6, 6.07) is 0. The summed E-state index contributed by atoms with van der Waals surface area (Å²) < 4.78 is 12.0. The van der Waals surface area contributed by atoms with Crippen molar-refractivity contribution in [3.8, 4) is 0 Å². The van der Waals surface area contributed by atoms with Gasteiger partial charge in [-0.2, -0.15) is 0 Å².